The number of aliphatic hydroxyl groups excluding tert-OH is 1. The van der Waals surface area contributed by atoms with E-state index >= 15 is 0 Å². The Morgan fingerprint density at radius 2 is 1.83 bits per heavy atom. The molecule has 1 heterocycles. The third-order valence-electron chi connectivity index (χ3n) is 8.66. The molecule has 0 aromatic heterocycles. The van der Waals surface area contributed by atoms with E-state index in [0.717, 1.165) is 66.8 Å². The van der Waals surface area contributed by atoms with E-state index in [0.29, 0.717) is 25.5 Å². The highest BCUT2D eigenvalue weighted by Gasteiger charge is 2.25. The number of aliphatic hydroxyl groups is 1. The summed E-state index contributed by atoms with van der Waals surface area (Å²) in [6.07, 6.45) is 3.74. The van der Waals surface area contributed by atoms with Gasteiger partial charge in [-0.15, -0.1) is 0 Å². The molecule has 0 saturated heterocycles. The van der Waals surface area contributed by atoms with Gasteiger partial charge in [-0.3, -0.25) is 4.79 Å². The molecule has 0 spiro atoms. The lowest BCUT2D eigenvalue weighted by atomic mass is 9.74. The maximum Gasteiger partial charge on any atom is 0.162 e. The second-order valence-electron chi connectivity index (χ2n) is 12.3. The van der Waals surface area contributed by atoms with Gasteiger partial charge in [-0.1, -0.05) is 93.6 Å². The molecule has 1 aliphatic rings. The van der Waals surface area contributed by atoms with Crippen LogP contribution in [-0.2, 0) is 18.4 Å². The van der Waals surface area contributed by atoms with Gasteiger partial charge in [0, 0.05) is 25.1 Å². The quantitative estimate of drug-likeness (QED) is 0.172. The molecular weight excluding hydrogens is 506 g/mol. The minimum absolute atomic E-state index is 0.0289. The minimum Gasteiger partial charge on any atom is -0.489 e. The predicted molar refractivity (Wildman–Crippen MR) is 169 cm³/mol. The standard InChI is InChI=1S/C37H47NO3/c1-6-29(27(2)3)24-37(4,5)32-16-14-30(15-17-32)35(39)13-10-21-38-22-20-31-23-33(18-19-34(31)36(40)25-38)41-26-28-11-8-7-9-12-28/h7-9,11-12,14-19,23,29,36,40H,2,6,10,13,20-22,24-26H2,1,3-5H3. The Hall–Kier alpha value is -3.21. The number of carbonyl (C=O) groups is 1. The Morgan fingerprint density at radius 3 is 2.51 bits per heavy atom. The molecular formula is C37H47NO3. The van der Waals surface area contributed by atoms with Crippen molar-refractivity contribution >= 4 is 5.78 Å². The molecule has 4 nitrogen and oxygen atoms in total. The molecule has 0 radical (unpaired) electrons. The van der Waals surface area contributed by atoms with E-state index in [-0.39, 0.29) is 11.2 Å². The van der Waals surface area contributed by atoms with Crippen LogP contribution in [0.2, 0.25) is 0 Å². The molecule has 0 bridgehead atoms. The van der Waals surface area contributed by atoms with Gasteiger partial charge >= 0.3 is 0 Å². The van der Waals surface area contributed by atoms with Crippen LogP contribution in [0.1, 0.15) is 92.1 Å². The average Bonchev–Trinajstić information content (AvgIpc) is 3.13. The first-order valence-corrected chi connectivity index (χ1v) is 15.2. The third kappa shape index (κ3) is 8.40. The Balaban J connectivity index is 1.27. The number of Topliss-reactive ketones (excluding diaryl/α,β-unsaturated/α-hetero) is 1. The number of ketones is 1. The van der Waals surface area contributed by atoms with Gasteiger partial charge in [0.1, 0.15) is 12.4 Å². The van der Waals surface area contributed by atoms with Gasteiger partial charge in [-0.05, 0) is 84.9 Å². The lowest BCUT2D eigenvalue weighted by Crippen LogP contribution is -2.29. The van der Waals surface area contributed by atoms with Crippen LogP contribution < -0.4 is 4.74 Å². The molecule has 0 fully saturated rings. The highest BCUT2D eigenvalue weighted by atomic mass is 16.5. The number of hydrogen-bond acceptors (Lipinski definition) is 4. The van der Waals surface area contributed by atoms with Crippen LogP contribution >= 0.6 is 0 Å². The summed E-state index contributed by atoms with van der Waals surface area (Å²) in [5.41, 5.74) is 6.56. The van der Waals surface area contributed by atoms with E-state index in [1.54, 1.807) is 0 Å². The molecule has 218 valence electrons. The molecule has 41 heavy (non-hydrogen) atoms. The van der Waals surface area contributed by atoms with Crippen LogP contribution in [0.5, 0.6) is 5.75 Å². The van der Waals surface area contributed by atoms with Crippen LogP contribution in [0.3, 0.4) is 0 Å². The van der Waals surface area contributed by atoms with Crippen LogP contribution in [-0.4, -0.2) is 35.4 Å². The summed E-state index contributed by atoms with van der Waals surface area (Å²) in [5.74, 6) is 1.52. The van der Waals surface area contributed by atoms with Gasteiger partial charge in [0.25, 0.3) is 0 Å². The fraction of sp³-hybridized carbons (Fsp3) is 0.432. The first kappa shape index (κ1) is 30.7. The number of β-amino-alcohol motifs (C(OH)–C–C–N with tert-alkyl or cyclic N) is 1. The molecule has 4 heteroatoms. The van der Waals surface area contributed by atoms with Crippen molar-refractivity contribution in [2.24, 2.45) is 5.92 Å². The number of carbonyl (C=O) groups excluding carboxylic acids is 1. The van der Waals surface area contributed by atoms with Gasteiger partial charge in [0.2, 0.25) is 0 Å². The fourth-order valence-electron chi connectivity index (χ4n) is 5.99. The predicted octanol–water partition coefficient (Wildman–Crippen LogP) is 8.09. The number of allylic oxidation sites excluding steroid dienone is 1. The summed E-state index contributed by atoms with van der Waals surface area (Å²) < 4.78 is 6.02. The first-order chi connectivity index (χ1) is 19.7. The number of ether oxygens (including phenoxy) is 1. The molecule has 4 rings (SSSR count). The Kier molecular flexibility index (Phi) is 10.6. The van der Waals surface area contributed by atoms with E-state index in [2.05, 4.69) is 69.5 Å². The normalized spacial score (nSPS) is 16.5. The highest BCUT2D eigenvalue weighted by Crippen LogP contribution is 2.34. The van der Waals surface area contributed by atoms with Gasteiger partial charge < -0.3 is 14.7 Å². The second kappa shape index (κ2) is 14.1. The van der Waals surface area contributed by atoms with E-state index in [9.17, 15) is 9.90 Å². The van der Waals surface area contributed by atoms with Gasteiger partial charge in [0.15, 0.2) is 5.78 Å². The molecule has 0 amide bonds. The van der Waals surface area contributed by atoms with Crippen molar-refractivity contribution < 1.29 is 14.6 Å². The fourth-order valence-corrected chi connectivity index (χ4v) is 5.99. The molecule has 3 aromatic carbocycles. The zero-order valence-corrected chi connectivity index (χ0v) is 25.4. The van der Waals surface area contributed by atoms with E-state index in [4.69, 9.17) is 4.74 Å². The maximum absolute atomic E-state index is 13.0. The lowest BCUT2D eigenvalue weighted by molar-refractivity contribution is 0.0962. The zero-order chi connectivity index (χ0) is 29.4. The maximum atomic E-state index is 13.0. The minimum atomic E-state index is -0.542. The van der Waals surface area contributed by atoms with Crippen molar-refractivity contribution in [1.82, 2.24) is 4.90 Å². The molecule has 2 atom stereocenters. The summed E-state index contributed by atoms with van der Waals surface area (Å²) in [4.78, 5) is 15.3. The Bertz CT molecular complexity index is 1300. The topological polar surface area (TPSA) is 49.8 Å². The number of rotatable bonds is 13. The van der Waals surface area contributed by atoms with Crippen molar-refractivity contribution in [3.05, 3.63) is 113 Å². The summed E-state index contributed by atoms with van der Waals surface area (Å²) >= 11 is 0. The van der Waals surface area contributed by atoms with Gasteiger partial charge in [-0.25, -0.2) is 0 Å². The van der Waals surface area contributed by atoms with E-state index in [1.165, 1.54) is 11.1 Å². The summed E-state index contributed by atoms with van der Waals surface area (Å²) in [5, 5.41) is 10.9. The Labute approximate surface area is 247 Å². The van der Waals surface area contributed by atoms with Crippen molar-refractivity contribution in [3.63, 3.8) is 0 Å². The van der Waals surface area contributed by atoms with Crippen molar-refractivity contribution in [2.75, 3.05) is 19.6 Å². The molecule has 0 saturated carbocycles. The summed E-state index contributed by atoms with van der Waals surface area (Å²) in [7, 11) is 0. The van der Waals surface area contributed by atoms with Crippen LogP contribution in [0.25, 0.3) is 0 Å². The summed E-state index contributed by atoms with van der Waals surface area (Å²) in [6.45, 7) is 15.8. The number of benzene rings is 3. The van der Waals surface area contributed by atoms with Gasteiger partial charge in [-0.2, -0.15) is 0 Å². The first-order valence-electron chi connectivity index (χ1n) is 15.2. The molecule has 3 aromatic rings. The molecule has 1 aliphatic heterocycles. The SMILES string of the molecule is C=C(C)C(CC)CC(C)(C)c1ccc(C(=O)CCCN2CCc3cc(OCc4ccccc4)ccc3C(O)C2)cc1. The molecule has 0 aliphatic carbocycles. The third-order valence-corrected chi connectivity index (χ3v) is 8.66. The largest absolute Gasteiger partial charge is 0.489 e. The number of nitrogens with zero attached hydrogens (tertiary/aromatic N) is 1. The lowest BCUT2D eigenvalue weighted by Gasteiger charge is -2.30. The van der Waals surface area contributed by atoms with Crippen molar-refractivity contribution in [3.8, 4) is 5.75 Å². The summed E-state index contributed by atoms with van der Waals surface area (Å²) in [6, 6.07) is 24.4. The van der Waals surface area contributed by atoms with Crippen LogP contribution in [0.15, 0.2) is 84.9 Å². The van der Waals surface area contributed by atoms with Crippen LogP contribution in [0.4, 0.5) is 0 Å². The van der Waals surface area contributed by atoms with Crippen molar-refractivity contribution in [1.29, 1.82) is 0 Å². The van der Waals surface area contributed by atoms with Crippen LogP contribution in [0, 0.1) is 5.92 Å². The second-order valence-corrected chi connectivity index (χ2v) is 12.3. The van der Waals surface area contributed by atoms with Crippen molar-refractivity contribution in [2.45, 2.75) is 77.9 Å². The van der Waals surface area contributed by atoms with Gasteiger partial charge in [0.05, 0.1) is 6.10 Å². The molecule has 1 N–H and O–H groups in total. The van der Waals surface area contributed by atoms with E-state index < -0.39 is 6.10 Å². The molecule has 2 unspecified atom stereocenters. The smallest absolute Gasteiger partial charge is 0.162 e. The highest BCUT2D eigenvalue weighted by molar-refractivity contribution is 5.96. The zero-order valence-electron chi connectivity index (χ0n) is 25.4. The monoisotopic (exact) mass is 553 g/mol. The number of fused-ring (bicyclic) bond motifs is 1. The Morgan fingerprint density at radius 1 is 1.10 bits per heavy atom. The van der Waals surface area contributed by atoms with E-state index in [1.807, 2.05) is 42.5 Å². The average molecular weight is 554 g/mol. The number of hydrogen-bond donors (Lipinski definition) is 1.